The third-order valence-electron chi connectivity index (χ3n) is 4.93. The Bertz CT molecular complexity index is 378. The molecule has 1 heterocycles. The number of hydrogen-bond acceptors (Lipinski definition) is 4. The van der Waals surface area contributed by atoms with Gasteiger partial charge in [0.2, 0.25) is 0 Å². The van der Waals surface area contributed by atoms with Crippen molar-refractivity contribution in [2.45, 2.75) is 78.9 Å². The van der Waals surface area contributed by atoms with Crippen LogP contribution in [0.5, 0.6) is 0 Å². The molecule has 0 radical (unpaired) electrons. The fourth-order valence-electron chi connectivity index (χ4n) is 3.35. The molecule has 2 unspecified atom stereocenters. The van der Waals surface area contributed by atoms with Crippen molar-refractivity contribution >= 4 is 6.09 Å². The molecule has 1 rings (SSSR count). The number of likely N-dealkylation sites (tertiary alicyclic amines) is 1. The molecule has 1 amide bonds. The predicted octanol–water partition coefficient (Wildman–Crippen LogP) is 3.73. The van der Waals surface area contributed by atoms with Gasteiger partial charge in [-0.05, 0) is 85.5 Å². The van der Waals surface area contributed by atoms with Gasteiger partial charge in [-0.25, -0.2) is 4.79 Å². The Hall–Kier alpha value is -0.810. The van der Waals surface area contributed by atoms with Crippen LogP contribution in [0.25, 0.3) is 0 Å². The van der Waals surface area contributed by atoms with Gasteiger partial charge in [-0.15, -0.1) is 0 Å². The van der Waals surface area contributed by atoms with Crippen molar-refractivity contribution in [3.05, 3.63) is 0 Å². The Morgan fingerprint density at radius 3 is 2.60 bits per heavy atom. The average molecular weight is 356 g/mol. The van der Waals surface area contributed by atoms with Gasteiger partial charge in [0.05, 0.1) is 0 Å². The molecule has 1 fully saturated rings. The molecule has 0 aromatic heterocycles. The van der Waals surface area contributed by atoms with Crippen LogP contribution in [0.15, 0.2) is 0 Å². The summed E-state index contributed by atoms with van der Waals surface area (Å²) < 4.78 is 5.51. The number of piperidine rings is 1. The summed E-state index contributed by atoms with van der Waals surface area (Å²) in [6.07, 6.45) is 4.55. The number of hydrogen-bond donors (Lipinski definition) is 1. The van der Waals surface area contributed by atoms with E-state index in [-0.39, 0.29) is 6.09 Å². The molecular weight excluding hydrogens is 314 g/mol. The van der Waals surface area contributed by atoms with E-state index in [2.05, 4.69) is 31.0 Å². The zero-order chi connectivity index (χ0) is 18.9. The lowest BCUT2D eigenvalue weighted by atomic mass is 9.98. The quantitative estimate of drug-likeness (QED) is 0.684. The van der Waals surface area contributed by atoms with Gasteiger partial charge >= 0.3 is 6.09 Å². The largest absolute Gasteiger partial charge is 0.444 e. The van der Waals surface area contributed by atoms with Crippen LogP contribution in [0.2, 0.25) is 0 Å². The average Bonchev–Trinajstić information content (AvgIpc) is 2.55. The van der Waals surface area contributed by atoms with Crippen molar-refractivity contribution in [1.29, 1.82) is 0 Å². The molecule has 1 aliphatic rings. The summed E-state index contributed by atoms with van der Waals surface area (Å²) in [7, 11) is 0. The Morgan fingerprint density at radius 1 is 1.32 bits per heavy atom. The predicted molar refractivity (Wildman–Crippen MR) is 105 cm³/mol. The van der Waals surface area contributed by atoms with Crippen LogP contribution in [0, 0.1) is 5.92 Å². The minimum absolute atomic E-state index is 0.163. The zero-order valence-corrected chi connectivity index (χ0v) is 17.4. The molecule has 5 heteroatoms. The SMILES string of the molecule is CCN(CC)CCCC(C)NCC1CCCN(C(=O)OC(C)(C)C)C1. The number of ether oxygens (including phenoxy) is 1. The van der Waals surface area contributed by atoms with E-state index in [4.69, 9.17) is 4.74 Å². The smallest absolute Gasteiger partial charge is 0.410 e. The fraction of sp³-hybridized carbons (Fsp3) is 0.950. The van der Waals surface area contributed by atoms with Crippen molar-refractivity contribution in [3.63, 3.8) is 0 Å². The molecule has 0 aliphatic carbocycles. The molecular formula is C20H41N3O2. The Balaban J connectivity index is 2.26. The number of rotatable bonds is 9. The highest BCUT2D eigenvalue weighted by atomic mass is 16.6. The molecule has 0 saturated carbocycles. The minimum Gasteiger partial charge on any atom is -0.444 e. The van der Waals surface area contributed by atoms with Gasteiger partial charge < -0.3 is 19.9 Å². The van der Waals surface area contributed by atoms with E-state index in [0.29, 0.717) is 12.0 Å². The van der Waals surface area contributed by atoms with Crippen molar-refractivity contribution in [3.8, 4) is 0 Å². The molecule has 0 bridgehead atoms. The monoisotopic (exact) mass is 355 g/mol. The second-order valence-electron chi connectivity index (χ2n) is 8.41. The summed E-state index contributed by atoms with van der Waals surface area (Å²) in [5.74, 6) is 0.534. The first-order valence-corrected chi connectivity index (χ1v) is 10.2. The van der Waals surface area contributed by atoms with E-state index in [9.17, 15) is 4.79 Å². The van der Waals surface area contributed by atoms with E-state index in [0.717, 1.165) is 39.1 Å². The van der Waals surface area contributed by atoms with Crippen LogP contribution in [0.4, 0.5) is 4.79 Å². The van der Waals surface area contributed by atoms with Gasteiger partial charge in [0.1, 0.15) is 5.60 Å². The maximum atomic E-state index is 12.2. The van der Waals surface area contributed by atoms with E-state index < -0.39 is 5.60 Å². The number of nitrogens with zero attached hydrogens (tertiary/aromatic N) is 2. The highest BCUT2D eigenvalue weighted by Crippen LogP contribution is 2.19. The zero-order valence-electron chi connectivity index (χ0n) is 17.4. The van der Waals surface area contributed by atoms with Crippen molar-refractivity contribution in [1.82, 2.24) is 15.1 Å². The van der Waals surface area contributed by atoms with Gasteiger partial charge in [-0.2, -0.15) is 0 Å². The lowest BCUT2D eigenvalue weighted by Crippen LogP contribution is -2.45. The lowest BCUT2D eigenvalue weighted by molar-refractivity contribution is 0.0165. The summed E-state index contributed by atoms with van der Waals surface area (Å²) in [5, 5.41) is 3.67. The van der Waals surface area contributed by atoms with Crippen molar-refractivity contribution < 1.29 is 9.53 Å². The Kier molecular flexibility index (Phi) is 9.80. The van der Waals surface area contributed by atoms with Gasteiger partial charge in [-0.3, -0.25) is 0 Å². The van der Waals surface area contributed by atoms with E-state index in [1.807, 2.05) is 25.7 Å². The molecule has 2 atom stereocenters. The van der Waals surface area contributed by atoms with Crippen LogP contribution in [0.1, 0.15) is 67.2 Å². The van der Waals surface area contributed by atoms with E-state index >= 15 is 0 Å². The highest BCUT2D eigenvalue weighted by molar-refractivity contribution is 5.68. The molecule has 5 nitrogen and oxygen atoms in total. The second kappa shape index (κ2) is 11.0. The van der Waals surface area contributed by atoms with Crippen LogP contribution in [0.3, 0.4) is 0 Å². The molecule has 0 aromatic rings. The normalized spacial score (nSPS) is 20.0. The first kappa shape index (κ1) is 22.2. The third kappa shape index (κ3) is 9.45. The molecule has 0 spiro atoms. The lowest BCUT2D eigenvalue weighted by Gasteiger charge is -2.34. The van der Waals surface area contributed by atoms with Gasteiger partial charge in [0.25, 0.3) is 0 Å². The summed E-state index contributed by atoms with van der Waals surface area (Å²) in [4.78, 5) is 16.6. The van der Waals surface area contributed by atoms with E-state index in [1.54, 1.807) is 0 Å². The first-order chi connectivity index (χ1) is 11.7. The molecule has 1 aliphatic heterocycles. The minimum atomic E-state index is -0.415. The Labute approximate surface area is 155 Å². The molecule has 1 saturated heterocycles. The molecule has 0 aromatic carbocycles. The number of amides is 1. The summed E-state index contributed by atoms with van der Waals surface area (Å²) in [6, 6.07) is 0.535. The fourth-order valence-corrected chi connectivity index (χ4v) is 3.35. The van der Waals surface area contributed by atoms with Crippen LogP contribution in [-0.4, -0.2) is 66.8 Å². The first-order valence-electron chi connectivity index (χ1n) is 10.2. The standard InChI is InChI=1S/C20H41N3O2/c1-7-22(8-2)13-9-11-17(3)21-15-18-12-10-14-23(16-18)19(24)25-20(4,5)6/h17-18,21H,7-16H2,1-6H3. The third-order valence-corrected chi connectivity index (χ3v) is 4.93. The van der Waals surface area contributed by atoms with Crippen LogP contribution < -0.4 is 5.32 Å². The summed E-state index contributed by atoms with van der Waals surface area (Å²) in [5.41, 5.74) is -0.415. The van der Waals surface area contributed by atoms with Gasteiger partial charge in [0.15, 0.2) is 0 Å². The number of nitrogens with one attached hydrogen (secondary N) is 1. The van der Waals surface area contributed by atoms with Gasteiger partial charge in [0, 0.05) is 19.1 Å². The molecule has 25 heavy (non-hydrogen) atoms. The molecule has 148 valence electrons. The van der Waals surface area contributed by atoms with Gasteiger partial charge in [-0.1, -0.05) is 13.8 Å². The Morgan fingerprint density at radius 2 is 2.00 bits per heavy atom. The van der Waals surface area contributed by atoms with Crippen molar-refractivity contribution in [2.75, 3.05) is 39.3 Å². The summed E-state index contributed by atoms with van der Waals surface area (Å²) in [6.45, 7) is 18.6. The molecule has 1 N–H and O–H groups in total. The maximum absolute atomic E-state index is 12.2. The van der Waals surface area contributed by atoms with Crippen LogP contribution in [-0.2, 0) is 4.74 Å². The van der Waals surface area contributed by atoms with Crippen molar-refractivity contribution in [2.24, 2.45) is 5.92 Å². The van der Waals surface area contributed by atoms with E-state index in [1.165, 1.54) is 25.8 Å². The summed E-state index contributed by atoms with van der Waals surface area (Å²) >= 11 is 0. The number of carbonyl (C=O) groups is 1. The maximum Gasteiger partial charge on any atom is 0.410 e. The highest BCUT2D eigenvalue weighted by Gasteiger charge is 2.27. The topological polar surface area (TPSA) is 44.8 Å². The van der Waals surface area contributed by atoms with Crippen LogP contribution >= 0.6 is 0 Å². The number of carbonyl (C=O) groups excluding carboxylic acids is 1. The second-order valence-corrected chi connectivity index (χ2v) is 8.41.